The molecule has 0 heterocycles. The fourth-order valence-electron chi connectivity index (χ4n) is 3.71. The van der Waals surface area contributed by atoms with E-state index < -0.39 is 28.5 Å². The van der Waals surface area contributed by atoms with Gasteiger partial charge in [0.1, 0.15) is 12.6 Å². The fourth-order valence-corrected chi connectivity index (χ4v) is 5.13. The van der Waals surface area contributed by atoms with E-state index in [1.165, 1.54) is 23.1 Å². The number of anilines is 1. The minimum atomic E-state index is -3.87. The summed E-state index contributed by atoms with van der Waals surface area (Å²) in [5, 5.41) is 3.34. The number of hydrogen-bond acceptors (Lipinski definition) is 4. The number of nitrogens with zero attached hydrogens (tertiary/aromatic N) is 2. The van der Waals surface area contributed by atoms with E-state index in [-0.39, 0.29) is 23.2 Å². The lowest BCUT2D eigenvalue weighted by atomic mass is 10.1. The highest BCUT2D eigenvalue weighted by molar-refractivity contribution is 7.92. The Hall–Kier alpha value is -2.29. The van der Waals surface area contributed by atoms with E-state index in [0.29, 0.717) is 18.0 Å². The van der Waals surface area contributed by atoms with Crippen LogP contribution < -0.4 is 9.62 Å². The molecule has 0 aliphatic rings. The Morgan fingerprint density at radius 3 is 2.37 bits per heavy atom. The topological polar surface area (TPSA) is 86.8 Å². The predicted octanol–water partition coefficient (Wildman–Crippen LogP) is 4.79. The highest BCUT2D eigenvalue weighted by Gasteiger charge is 2.32. The van der Waals surface area contributed by atoms with E-state index in [4.69, 9.17) is 23.2 Å². The largest absolute Gasteiger partial charge is 0.354 e. The van der Waals surface area contributed by atoms with Gasteiger partial charge >= 0.3 is 0 Å². The average molecular weight is 543 g/mol. The molecule has 0 aromatic heterocycles. The molecule has 0 aliphatic heterocycles. The Morgan fingerprint density at radius 2 is 1.80 bits per heavy atom. The van der Waals surface area contributed by atoms with E-state index >= 15 is 0 Å². The number of unbranched alkanes of at least 4 members (excludes halogenated alkanes) is 1. The molecule has 0 spiro atoms. The van der Waals surface area contributed by atoms with Gasteiger partial charge in [0, 0.05) is 18.1 Å². The van der Waals surface area contributed by atoms with Crippen molar-refractivity contribution < 1.29 is 18.0 Å². The van der Waals surface area contributed by atoms with Gasteiger partial charge in [-0.15, -0.1) is 0 Å². The molecule has 35 heavy (non-hydrogen) atoms. The van der Waals surface area contributed by atoms with Crippen LogP contribution in [0.2, 0.25) is 10.0 Å². The number of aryl methyl sites for hydroxylation is 1. The van der Waals surface area contributed by atoms with Gasteiger partial charge in [0.05, 0.1) is 17.0 Å². The summed E-state index contributed by atoms with van der Waals surface area (Å²) in [6, 6.07) is 11.3. The van der Waals surface area contributed by atoms with Crippen LogP contribution in [0.5, 0.6) is 0 Å². The SMILES string of the molecule is CCCCNC(=O)[C@@H](CC)N(Cc1cccc(C)c1)C(=O)CN(c1ccc(Cl)cc1Cl)S(C)(=O)=O. The van der Waals surface area contributed by atoms with Crippen LogP contribution in [0.25, 0.3) is 0 Å². The van der Waals surface area contributed by atoms with Crippen molar-refractivity contribution in [3.63, 3.8) is 0 Å². The molecule has 0 aliphatic carbocycles. The van der Waals surface area contributed by atoms with E-state index in [2.05, 4.69) is 5.32 Å². The van der Waals surface area contributed by atoms with Gasteiger partial charge in [-0.25, -0.2) is 8.42 Å². The minimum absolute atomic E-state index is 0.102. The first-order valence-electron chi connectivity index (χ1n) is 11.5. The smallest absolute Gasteiger partial charge is 0.244 e. The molecule has 192 valence electrons. The number of carbonyl (C=O) groups excluding carboxylic acids is 2. The standard InChI is InChI=1S/C25H33Cl2N3O4S/c1-5-7-13-28-25(32)22(6-2)29(16-19-10-8-9-18(3)14-19)24(31)17-30(35(4,33)34)23-12-11-20(26)15-21(23)27/h8-12,14-15,22H,5-7,13,16-17H2,1-4H3,(H,28,32)/t22-/m1/s1. The molecule has 2 aromatic carbocycles. The van der Waals surface area contributed by atoms with Gasteiger partial charge in [0.2, 0.25) is 21.8 Å². The highest BCUT2D eigenvalue weighted by atomic mass is 35.5. The van der Waals surface area contributed by atoms with E-state index in [1.54, 1.807) is 0 Å². The van der Waals surface area contributed by atoms with Gasteiger partial charge in [-0.3, -0.25) is 13.9 Å². The number of halogens is 2. The monoisotopic (exact) mass is 541 g/mol. The van der Waals surface area contributed by atoms with Crippen molar-refractivity contribution in [3.05, 3.63) is 63.6 Å². The molecule has 1 N–H and O–H groups in total. The summed E-state index contributed by atoms with van der Waals surface area (Å²) in [6.07, 6.45) is 3.13. The highest BCUT2D eigenvalue weighted by Crippen LogP contribution is 2.30. The van der Waals surface area contributed by atoms with Crippen molar-refractivity contribution in [3.8, 4) is 0 Å². The summed E-state index contributed by atoms with van der Waals surface area (Å²) in [5.41, 5.74) is 2.00. The summed E-state index contributed by atoms with van der Waals surface area (Å²) in [6.45, 7) is 5.95. The number of hydrogen-bond donors (Lipinski definition) is 1. The summed E-state index contributed by atoms with van der Waals surface area (Å²) in [4.78, 5) is 28.1. The van der Waals surface area contributed by atoms with Crippen molar-refractivity contribution in [1.29, 1.82) is 0 Å². The molecule has 2 aromatic rings. The van der Waals surface area contributed by atoms with Crippen LogP contribution in [0, 0.1) is 6.92 Å². The van der Waals surface area contributed by atoms with E-state index in [0.717, 1.165) is 34.5 Å². The maximum absolute atomic E-state index is 13.6. The Balaban J connectivity index is 2.43. The Morgan fingerprint density at radius 1 is 1.09 bits per heavy atom. The zero-order valence-electron chi connectivity index (χ0n) is 20.6. The van der Waals surface area contributed by atoms with E-state index in [1.807, 2.05) is 45.0 Å². The number of sulfonamides is 1. The third kappa shape index (κ3) is 8.40. The maximum Gasteiger partial charge on any atom is 0.244 e. The lowest BCUT2D eigenvalue weighted by Crippen LogP contribution is -2.52. The molecule has 0 unspecified atom stereocenters. The molecule has 7 nitrogen and oxygen atoms in total. The van der Waals surface area contributed by atoms with Gasteiger partial charge in [-0.05, 0) is 43.5 Å². The number of amides is 2. The summed E-state index contributed by atoms with van der Waals surface area (Å²) >= 11 is 12.2. The zero-order valence-corrected chi connectivity index (χ0v) is 22.9. The van der Waals surface area contributed by atoms with E-state index in [9.17, 15) is 18.0 Å². The third-order valence-electron chi connectivity index (χ3n) is 5.51. The van der Waals surface area contributed by atoms with Crippen LogP contribution in [0.3, 0.4) is 0 Å². The van der Waals surface area contributed by atoms with Gasteiger partial charge in [0.15, 0.2) is 0 Å². The van der Waals surface area contributed by atoms with Crippen molar-refractivity contribution in [2.24, 2.45) is 0 Å². The maximum atomic E-state index is 13.6. The summed E-state index contributed by atoms with van der Waals surface area (Å²) < 4.78 is 26.3. The summed E-state index contributed by atoms with van der Waals surface area (Å²) in [5.74, 6) is -0.780. The van der Waals surface area contributed by atoms with Crippen LogP contribution in [0.1, 0.15) is 44.2 Å². The first-order chi connectivity index (χ1) is 16.5. The van der Waals surface area contributed by atoms with Crippen molar-refractivity contribution in [1.82, 2.24) is 10.2 Å². The lowest BCUT2D eigenvalue weighted by molar-refractivity contribution is -0.140. The second-order valence-electron chi connectivity index (χ2n) is 8.44. The Labute approximate surface area is 218 Å². The zero-order chi connectivity index (χ0) is 26.2. The molecule has 0 saturated carbocycles. The third-order valence-corrected chi connectivity index (χ3v) is 7.17. The number of carbonyl (C=O) groups is 2. The molecule has 10 heteroatoms. The molecule has 0 bridgehead atoms. The van der Waals surface area contributed by atoms with Crippen LogP contribution in [-0.2, 0) is 26.2 Å². The van der Waals surface area contributed by atoms with Gasteiger partial charge in [-0.2, -0.15) is 0 Å². The normalized spacial score (nSPS) is 12.2. The van der Waals surface area contributed by atoms with Gasteiger partial charge in [0.25, 0.3) is 0 Å². The number of rotatable bonds is 12. The Kier molecular flexibility index (Phi) is 10.9. The van der Waals surface area contributed by atoms with Crippen LogP contribution in [0.4, 0.5) is 5.69 Å². The minimum Gasteiger partial charge on any atom is -0.354 e. The molecule has 2 amide bonds. The van der Waals surface area contributed by atoms with Crippen molar-refractivity contribution >= 4 is 50.7 Å². The fraction of sp³-hybridized carbons (Fsp3) is 0.440. The first-order valence-corrected chi connectivity index (χ1v) is 14.1. The molecule has 2 rings (SSSR count). The van der Waals surface area contributed by atoms with Crippen LogP contribution >= 0.6 is 23.2 Å². The predicted molar refractivity (Wildman–Crippen MR) is 142 cm³/mol. The van der Waals surface area contributed by atoms with Crippen LogP contribution in [-0.4, -0.2) is 50.5 Å². The molecule has 1 atom stereocenters. The number of nitrogens with one attached hydrogen (secondary N) is 1. The average Bonchev–Trinajstić information content (AvgIpc) is 2.77. The van der Waals surface area contributed by atoms with Crippen LogP contribution in [0.15, 0.2) is 42.5 Å². The molecule has 0 fully saturated rings. The van der Waals surface area contributed by atoms with Gasteiger partial charge in [-0.1, -0.05) is 73.3 Å². The second kappa shape index (κ2) is 13.1. The molecule has 0 saturated heterocycles. The molecule has 0 radical (unpaired) electrons. The van der Waals surface area contributed by atoms with Crippen molar-refractivity contribution in [2.45, 2.75) is 52.6 Å². The summed E-state index contributed by atoms with van der Waals surface area (Å²) in [7, 11) is -3.87. The molecular weight excluding hydrogens is 509 g/mol. The Bertz CT molecular complexity index is 1140. The quantitative estimate of drug-likeness (QED) is 0.391. The number of benzene rings is 2. The lowest BCUT2D eigenvalue weighted by Gasteiger charge is -2.33. The van der Waals surface area contributed by atoms with Crippen molar-refractivity contribution in [2.75, 3.05) is 23.7 Å². The molecular formula is C25H33Cl2N3O4S. The second-order valence-corrected chi connectivity index (χ2v) is 11.2. The first kappa shape index (κ1) is 28.9. The van der Waals surface area contributed by atoms with Gasteiger partial charge < -0.3 is 10.2 Å².